The van der Waals surface area contributed by atoms with Crippen molar-refractivity contribution in [2.24, 2.45) is 5.84 Å². The van der Waals surface area contributed by atoms with Crippen molar-refractivity contribution in [3.63, 3.8) is 0 Å². The number of hydrazine groups is 1. The smallest absolute Gasteiger partial charge is 0.293 e. The molecule has 0 heterocycles. The molecule has 5 nitrogen and oxygen atoms in total. The van der Waals surface area contributed by atoms with Crippen LogP contribution in [0.4, 0.5) is 0 Å². The van der Waals surface area contributed by atoms with Crippen molar-refractivity contribution < 1.29 is 4.92 Å². The Hall–Kier alpha value is -1.88. The lowest BCUT2D eigenvalue weighted by Gasteiger charge is -1.97. The molecule has 1 aromatic rings. The van der Waals surface area contributed by atoms with E-state index in [-0.39, 0.29) is 5.70 Å². The fraction of sp³-hybridized carbons (Fsp3) is 0. The predicted molar refractivity (Wildman–Crippen MR) is 48.7 cm³/mol. The summed E-state index contributed by atoms with van der Waals surface area (Å²) in [7, 11) is 0. The predicted octanol–water partition coefficient (Wildman–Crippen LogP) is 0.725. The fourth-order valence-corrected chi connectivity index (χ4v) is 0.929. The molecule has 0 fully saturated rings. The monoisotopic (exact) mass is 179 g/mol. The Morgan fingerprint density at radius 1 is 1.46 bits per heavy atom. The zero-order valence-electron chi connectivity index (χ0n) is 6.81. The third kappa shape index (κ3) is 2.28. The highest BCUT2D eigenvalue weighted by Crippen LogP contribution is 2.12. The summed E-state index contributed by atoms with van der Waals surface area (Å²) in [5.74, 6) is 4.97. The number of nitrogens with two attached hydrogens (primary N) is 1. The van der Waals surface area contributed by atoms with Crippen LogP contribution in [0.15, 0.2) is 36.5 Å². The molecule has 68 valence electrons. The van der Waals surface area contributed by atoms with Gasteiger partial charge < -0.3 is 5.43 Å². The third-order valence-electron chi connectivity index (χ3n) is 1.49. The lowest BCUT2D eigenvalue weighted by atomic mass is 10.2. The van der Waals surface area contributed by atoms with Crippen LogP contribution in [-0.4, -0.2) is 4.92 Å². The molecule has 0 saturated heterocycles. The van der Waals surface area contributed by atoms with Crippen LogP contribution in [0.3, 0.4) is 0 Å². The molecule has 0 amide bonds. The van der Waals surface area contributed by atoms with E-state index in [0.29, 0.717) is 5.56 Å². The van der Waals surface area contributed by atoms with E-state index in [1.165, 1.54) is 0 Å². The van der Waals surface area contributed by atoms with Crippen molar-refractivity contribution in [3.8, 4) is 0 Å². The van der Waals surface area contributed by atoms with Crippen molar-refractivity contribution in [2.75, 3.05) is 0 Å². The SMILES string of the molecule is NNC=C(c1ccccc1)[N+](=O)[O-]. The van der Waals surface area contributed by atoms with Crippen molar-refractivity contribution in [1.29, 1.82) is 0 Å². The minimum Gasteiger partial charge on any atom is -0.325 e. The molecule has 13 heavy (non-hydrogen) atoms. The zero-order chi connectivity index (χ0) is 9.68. The van der Waals surface area contributed by atoms with E-state index >= 15 is 0 Å². The minimum absolute atomic E-state index is 0.0527. The Balaban J connectivity index is 3.03. The largest absolute Gasteiger partial charge is 0.325 e. The molecule has 0 saturated carbocycles. The number of rotatable bonds is 3. The first-order valence-corrected chi connectivity index (χ1v) is 3.62. The molecule has 0 spiro atoms. The highest BCUT2D eigenvalue weighted by molar-refractivity contribution is 5.57. The van der Waals surface area contributed by atoms with E-state index in [4.69, 9.17) is 5.84 Å². The molecule has 0 aliphatic rings. The van der Waals surface area contributed by atoms with Crippen molar-refractivity contribution in [3.05, 3.63) is 52.2 Å². The van der Waals surface area contributed by atoms with Gasteiger partial charge in [-0.3, -0.25) is 16.0 Å². The Bertz CT molecular complexity index is 321. The van der Waals surface area contributed by atoms with Gasteiger partial charge in [0.1, 0.15) is 0 Å². The Kier molecular flexibility index (Phi) is 2.99. The zero-order valence-corrected chi connectivity index (χ0v) is 6.81. The number of benzene rings is 1. The van der Waals surface area contributed by atoms with Gasteiger partial charge >= 0.3 is 0 Å². The van der Waals surface area contributed by atoms with Crippen LogP contribution in [0.1, 0.15) is 5.56 Å². The average Bonchev–Trinajstić information content (AvgIpc) is 2.15. The second kappa shape index (κ2) is 4.22. The van der Waals surface area contributed by atoms with Gasteiger partial charge in [0.2, 0.25) is 0 Å². The summed E-state index contributed by atoms with van der Waals surface area (Å²) in [4.78, 5) is 10.0. The second-order valence-electron chi connectivity index (χ2n) is 2.32. The maximum absolute atomic E-state index is 10.5. The molecule has 1 rings (SSSR count). The van der Waals surface area contributed by atoms with Crippen LogP contribution in [0.2, 0.25) is 0 Å². The number of nitro groups is 1. The second-order valence-corrected chi connectivity index (χ2v) is 2.32. The molecular weight excluding hydrogens is 170 g/mol. The fourth-order valence-electron chi connectivity index (χ4n) is 0.929. The molecule has 0 aliphatic heterocycles. The standard InChI is InChI=1S/C8H9N3O2/c9-10-6-8(11(12)13)7-4-2-1-3-5-7/h1-6,10H,9H2. The molecule has 0 aromatic heterocycles. The summed E-state index contributed by atoms with van der Waals surface area (Å²) < 4.78 is 0. The highest BCUT2D eigenvalue weighted by Gasteiger charge is 2.11. The molecule has 0 bridgehead atoms. The van der Waals surface area contributed by atoms with E-state index < -0.39 is 4.92 Å². The summed E-state index contributed by atoms with van der Waals surface area (Å²) >= 11 is 0. The topological polar surface area (TPSA) is 81.2 Å². The van der Waals surface area contributed by atoms with E-state index in [9.17, 15) is 10.1 Å². The van der Waals surface area contributed by atoms with Gasteiger partial charge in [-0.15, -0.1) is 0 Å². The Morgan fingerprint density at radius 2 is 2.08 bits per heavy atom. The van der Waals surface area contributed by atoms with E-state index in [1.807, 2.05) is 0 Å². The van der Waals surface area contributed by atoms with Gasteiger partial charge in [-0.25, -0.2) is 0 Å². The maximum Gasteiger partial charge on any atom is 0.293 e. The van der Waals surface area contributed by atoms with Crippen LogP contribution >= 0.6 is 0 Å². The van der Waals surface area contributed by atoms with Crippen LogP contribution in [-0.2, 0) is 0 Å². The third-order valence-corrected chi connectivity index (χ3v) is 1.49. The van der Waals surface area contributed by atoms with Crippen LogP contribution in [0, 0.1) is 10.1 Å². The lowest BCUT2D eigenvalue weighted by Crippen LogP contribution is -2.16. The molecule has 5 heteroatoms. The van der Waals surface area contributed by atoms with Crippen LogP contribution < -0.4 is 11.3 Å². The Morgan fingerprint density at radius 3 is 2.54 bits per heavy atom. The number of nitrogens with one attached hydrogen (secondary N) is 1. The highest BCUT2D eigenvalue weighted by atomic mass is 16.6. The summed E-state index contributed by atoms with van der Waals surface area (Å²) in [5.41, 5.74) is 2.61. The normalized spacial score (nSPS) is 11.0. The summed E-state index contributed by atoms with van der Waals surface area (Å²) in [6, 6.07) is 8.53. The molecule has 0 radical (unpaired) electrons. The quantitative estimate of drug-likeness (QED) is 0.407. The molecule has 3 N–H and O–H groups in total. The van der Waals surface area contributed by atoms with Gasteiger partial charge in [-0.1, -0.05) is 18.2 Å². The van der Waals surface area contributed by atoms with Gasteiger partial charge in [0, 0.05) is 0 Å². The van der Waals surface area contributed by atoms with Gasteiger partial charge in [0.15, 0.2) is 0 Å². The molecule has 0 unspecified atom stereocenters. The summed E-state index contributed by atoms with van der Waals surface area (Å²) in [5, 5.41) is 10.5. The van der Waals surface area contributed by atoms with Crippen LogP contribution in [0.25, 0.3) is 5.70 Å². The van der Waals surface area contributed by atoms with Crippen molar-refractivity contribution >= 4 is 5.70 Å². The van der Waals surface area contributed by atoms with Gasteiger partial charge in [-0.2, -0.15) is 0 Å². The van der Waals surface area contributed by atoms with Crippen molar-refractivity contribution in [1.82, 2.24) is 5.43 Å². The lowest BCUT2D eigenvalue weighted by molar-refractivity contribution is -0.375. The minimum atomic E-state index is -0.491. The number of hydrogen-bond acceptors (Lipinski definition) is 4. The van der Waals surface area contributed by atoms with E-state index in [2.05, 4.69) is 5.43 Å². The van der Waals surface area contributed by atoms with Gasteiger partial charge in [0.25, 0.3) is 5.70 Å². The first-order valence-electron chi connectivity index (χ1n) is 3.62. The Labute approximate surface area is 75.0 Å². The first-order chi connectivity index (χ1) is 6.25. The average molecular weight is 179 g/mol. The van der Waals surface area contributed by atoms with Gasteiger partial charge in [-0.05, 0) is 12.1 Å². The number of hydrogen-bond donors (Lipinski definition) is 2. The van der Waals surface area contributed by atoms with Crippen LogP contribution in [0.5, 0.6) is 0 Å². The first kappa shape index (κ1) is 9.21. The van der Waals surface area contributed by atoms with Crippen molar-refractivity contribution in [2.45, 2.75) is 0 Å². The molecule has 0 aliphatic carbocycles. The van der Waals surface area contributed by atoms with E-state index in [0.717, 1.165) is 6.20 Å². The molecule has 1 aromatic carbocycles. The molecule has 0 atom stereocenters. The summed E-state index contributed by atoms with van der Waals surface area (Å²) in [6.07, 6.45) is 1.15. The maximum atomic E-state index is 10.5. The summed E-state index contributed by atoms with van der Waals surface area (Å²) in [6.45, 7) is 0. The van der Waals surface area contributed by atoms with E-state index in [1.54, 1.807) is 30.3 Å². The molecular formula is C8H9N3O2. The number of nitrogens with zero attached hydrogens (tertiary/aromatic N) is 1. The van der Waals surface area contributed by atoms with Gasteiger partial charge in [0.05, 0.1) is 16.7 Å².